The molecule has 5 nitrogen and oxygen atoms in total. The van der Waals surface area contributed by atoms with Crippen molar-refractivity contribution in [2.45, 2.75) is 25.6 Å². The molecule has 1 aromatic carbocycles. The minimum Gasteiger partial charge on any atom is -0.353 e. The Hall–Kier alpha value is -2.63. The summed E-state index contributed by atoms with van der Waals surface area (Å²) in [7, 11) is 0. The van der Waals surface area contributed by atoms with Crippen molar-refractivity contribution >= 4 is 12.2 Å². The molecule has 3 N–H and O–H groups in total. The van der Waals surface area contributed by atoms with Crippen LogP contribution in [0.2, 0.25) is 0 Å². The number of carbonyl (C=O) groups excluding carboxylic acids is 1. The molecule has 0 fully saturated rings. The Balaban J connectivity index is 0.000000345. The lowest BCUT2D eigenvalue weighted by atomic mass is 10.2. The molecule has 1 heterocycles. The fourth-order valence-electron chi connectivity index (χ4n) is 1.66. The minimum atomic E-state index is -4.30. The lowest BCUT2D eigenvalue weighted by Crippen LogP contribution is -2.39. The predicted octanol–water partition coefficient (Wildman–Crippen LogP) is 2.65. The number of halogens is 7. The van der Waals surface area contributed by atoms with Gasteiger partial charge >= 0.3 is 6.18 Å². The van der Waals surface area contributed by atoms with E-state index >= 15 is 0 Å². The number of amides is 1. The monoisotopic (exact) mass is 400 g/mol. The molecular weight excluding hydrogens is 385 g/mol. The molecule has 12 heteroatoms. The first-order chi connectivity index (χ1) is 12.4. The Kier molecular flexibility index (Phi) is 7.76. The largest absolute Gasteiger partial charge is 0.405 e. The summed E-state index contributed by atoms with van der Waals surface area (Å²) in [5, 5.41) is 6.36. The molecular formula is C15H15F7N4O. The third-order valence-electron chi connectivity index (χ3n) is 2.88. The smallest absolute Gasteiger partial charge is 0.353 e. The lowest BCUT2D eigenvalue weighted by Gasteiger charge is -2.21. The molecule has 0 spiro atoms. The Morgan fingerprint density at radius 3 is 2.22 bits per heavy atom. The summed E-state index contributed by atoms with van der Waals surface area (Å²) < 4.78 is 86.7. The van der Waals surface area contributed by atoms with Crippen LogP contribution in [0.25, 0.3) is 0 Å². The second kappa shape index (κ2) is 9.35. The van der Waals surface area contributed by atoms with Crippen LogP contribution in [0, 0.1) is 17.5 Å². The van der Waals surface area contributed by atoms with Crippen LogP contribution in [0.5, 0.6) is 0 Å². The van der Waals surface area contributed by atoms with E-state index in [0.717, 1.165) is 19.3 Å². The van der Waals surface area contributed by atoms with E-state index in [1.807, 2.05) is 0 Å². The normalized spacial score (nSPS) is 18.4. The van der Waals surface area contributed by atoms with Crippen molar-refractivity contribution in [2.75, 3.05) is 6.54 Å². The number of aliphatic imine (C=N–C) groups is 1. The van der Waals surface area contributed by atoms with Crippen LogP contribution in [0.4, 0.5) is 30.7 Å². The SMILES string of the molecule is CC(=O)NCC(F)(F)F.Fc1cc(F)c(CNC2(F)C=CNC=N2)c(F)c1. The van der Waals surface area contributed by atoms with Crippen LogP contribution < -0.4 is 16.0 Å². The van der Waals surface area contributed by atoms with Gasteiger partial charge in [0.05, 0.1) is 6.34 Å². The number of alkyl halides is 4. The molecule has 1 aliphatic heterocycles. The van der Waals surface area contributed by atoms with E-state index in [1.54, 1.807) is 5.32 Å². The zero-order valence-electron chi connectivity index (χ0n) is 13.8. The van der Waals surface area contributed by atoms with Gasteiger partial charge in [0, 0.05) is 43.4 Å². The van der Waals surface area contributed by atoms with Crippen molar-refractivity contribution in [3.8, 4) is 0 Å². The summed E-state index contributed by atoms with van der Waals surface area (Å²) >= 11 is 0. The molecule has 0 radical (unpaired) electrons. The highest BCUT2D eigenvalue weighted by Gasteiger charge is 2.27. The van der Waals surface area contributed by atoms with Crippen molar-refractivity contribution < 1.29 is 35.5 Å². The number of carbonyl (C=O) groups is 1. The molecule has 1 aromatic rings. The fraction of sp³-hybridized carbons (Fsp3) is 0.333. The molecule has 0 saturated carbocycles. The molecule has 150 valence electrons. The van der Waals surface area contributed by atoms with E-state index in [-0.39, 0.29) is 0 Å². The van der Waals surface area contributed by atoms with E-state index < -0.39 is 54.1 Å². The van der Waals surface area contributed by atoms with Crippen LogP contribution in [0.1, 0.15) is 12.5 Å². The zero-order chi connectivity index (χ0) is 20.7. The third kappa shape index (κ3) is 8.53. The second-order valence-electron chi connectivity index (χ2n) is 5.16. The predicted molar refractivity (Wildman–Crippen MR) is 82.5 cm³/mol. The topological polar surface area (TPSA) is 65.5 Å². The Morgan fingerprint density at radius 1 is 1.22 bits per heavy atom. The summed E-state index contributed by atoms with van der Waals surface area (Å²) in [6, 6.07) is 1.07. The zero-order valence-corrected chi connectivity index (χ0v) is 13.8. The van der Waals surface area contributed by atoms with Crippen molar-refractivity contribution in [2.24, 2.45) is 4.99 Å². The van der Waals surface area contributed by atoms with Crippen LogP contribution in [0.3, 0.4) is 0 Å². The molecule has 1 atom stereocenters. The van der Waals surface area contributed by atoms with E-state index in [9.17, 15) is 35.5 Å². The lowest BCUT2D eigenvalue weighted by molar-refractivity contribution is -0.137. The van der Waals surface area contributed by atoms with Gasteiger partial charge < -0.3 is 10.6 Å². The first-order valence-electron chi connectivity index (χ1n) is 7.28. The molecule has 0 aromatic heterocycles. The maximum Gasteiger partial charge on any atom is 0.405 e. The van der Waals surface area contributed by atoms with Gasteiger partial charge in [0.1, 0.15) is 24.0 Å². The number of nitrogens with zero attached hydrogens (tertiary/aromatic N) is 1. The van der Waals surface area contributed by atoms with Gasteiger partial charge in [-0.1, -0.05) is 0 Å². The molecule has 0 aliphatic carbocycles. The summed E-state index contributed by atoms with van der Waals surface area (Å²) in [5.74, 6) is -6.09. The van der Waals surface area contributed by atoms with Gasteiger partial charge in [-0.05, 0) is 0 Å². The van der Waals surface area contributed by atoms with Crippen LogP contribution in [-0.4, -0.2) is 30.9 Å². The maximum atomic E-state index is 13.8. The van der Waals surface area contributed by atoms with Crippen LogP contribution in [-0.2, 0) is 11.3 Å². The summed E-state index contributed by atoms with van der Waals surface area (Å²) in [5.41, 5.74) is -0.449. The highest BCUT2D eigenvalue weighted by Crippen LogP contribution is 2.18. The van der Waals surface area contributed by atoms with E-state index in [1.165, 1.54) is 6.20 Å². The van der Waals surface area contributed by atoms with Crippen molar-refractivity contribution in [1.82, 2.24) is 16.0 Å². The Labute approximate surface area is 149 Å². The van der Waals surface area contributed by atoms with Crippen LogP contribution >= 0.6 is 0 Å². The molecule has 0 bridgehead atoms. The Bertz CT molecular complexity index is 684. The number of hydrogen-bond donors (Lipinski definition) is 3. The quantitative estimate of drug-likeness (QED) is 0.538. The van der Waals surface area contributed by atoms with Gasteiger partial charge in [-0.25, -0.2) is 18.2 Å². The van der Waals surface area contributed by atoms with Gasteiger partial charge in [-0.3, -0.25) is 10.1 Å². The summed E-state index contributed by atoms with van der Waals surface area (Å²) in [6.45, 7) is -0.676. The van der Waals surface area contributed by atoms with Gasteiger partial charge in [0.25, 0.3) is 5.92 Å². The minimum absolute atomic E-state index is 0.449. The second-order valence-corrected chi connectivity index (χ2v) is 5.16. The van der Waals surface area contributed by atoms with Gasteiger partial charge in [-0.2, -0.15) is 17.6 Å². The average Bonchev–Trinajstić information content (AvgIpc) is 2.52. The first kappa shape index (κ1) is 22.4. The van der Waals surface area contributed by atoms with Gasteiger partial charge in [0.2, 0.25) is 5.91 Å². The highest BCUT2D eigenvalue weighted by atomic mass is 19.4. The molecule has 1 aliphatic rings. The van der Waals surface area contributed by atoms with Crippen molar-refractivity contribution in [3.63, 3.8) is 0 Å². The van der Waals surface area contributed by atoms with Crippen molar-refractivity contribution in [1.29, 1.82) is 0 Å². The third-order valence-corrected chi connectivity index (χ3v) is 2.88. The molecule has 1 amide bonds. The molecule has 2 rings (SSSR count). The van der Waals surface area contributed by atoms with Gasteiger partial charge in [-0.15, -0.1) is 0 Å². The average molecular weight is 400 g/mol. The number of hydrogen-bond acceptors (Lipinski definition) is 4. The number of benzene rings is 1. The van der Waals surface area contributed by atoms with Crippen LogP contribution in [0.15, 0.2) is 29.4 Å². The van der Waals surface area contributed by atoms with E-state index in [2.05, 4.69) is 15.6 Å². The Morgan fingerprint density at radius 2 is 1.81 bits per heavy atom. The molecule has 0 saturated heterocycles. The first-order valence-corrected chi connectivity index (χ1v) is 7.28. The highest BCUT2D eigenvalue weighted by molar-refractivity contribution is 5.72. The summed E-state index contributed by atoms with van der Waals surface area (Å²) in [4.78, 5) is 13.3. The van der Waals surface area contributed by atoms with E-state index in [0.29, 0.717) is 12.1 Å². The van der Waals surface area contributed by atoms with E-state index in [4.69, 9.17) is 0 Å². The molecule has 27 heavy (non-hydrogen) atoms. The fourth-order valence-corrected chi connectivity index (χ4v) is 1.66. The summed E-state index contributed by atoms with van der Waals surface area (Å²) in [6.07, 6.45) is -0.861. The number of rotatable bonds is 4. The maximum absolute atomic E-state index is 13.8. The number of nitrogens with one attached hydrogen (secondary N) is 3. The standard InChI is InChI=1S/C11H9F4N3.C4H6F3NO/c12-7-3-9(13)8(10(14)4-7)5-17-11(15)1-2-16-6-18-11;1-3(9)8-2-4(5,6)7/h1-4,6,17H,5H2,(H,16,18);2H2,1H3,(H,8,9). The van der Waals surface area contributed by atoms with Crippen molar-refractivity contribution in [3.05, 3.63) is 47.4 Å². The van der Waals surface area contributed by atoms with Gasteiger partial charge in [0.15, 0.2) is 0 Å². The molecule has 1 unspecified atom stereocenters.